The average Bonchev–Trinajstić information content (AvgIpc) is 3.14. The number of rotatable bonds is 10. The van der Waals surface area contributed by atoms with Crippen molar-refractivity contribution in [2.24, 2.45) is 52.3 Å². The van der Waals surface area contributed by atoms with Crippen LogP contribution in [0.1, 0.15) is 112 Å². The van der Waals surface area contributed by atoms with Gasteiger partial charge in [-0.1, -0.05) is 53.9 Å². The zero-order valence-electron chi connectivity index (χ0n) is 22.1. The number of hydrogen-bond acceptors (Lipinski definition) is 3. The first-order valence-electron chi connectivity index (χ1n) is 14.3. The molecule has 0 N–H and O–H groups in total. The lowest BCUT2D eigenvalue weighted by atomic mass is 9.44. The second-order valence-electron chi connectivity index (χ2n) is 13.3. The van der Waals surface area contributed by atoms with E-state index in [1.807, 2.05) is 0 Å². The first-order chi connectivity index (χ1) is 15.8. The monoisotopic (exact) mass is 590 g/mol. The molecule has 4 rings (SSSR count). The first-order valence-corrected chi connectivity index (χ1v) is 17.6. The van der Waals surface area contributed by atoms with Gasteiger partial charge >= 0.3 is 0 Å². The maximum Gasteiger partial charge on any atom is 0.0857 e. The standard InChI is InChI=1S/C29H51IO2S/c1-20(2)7-6-8-21(3)25-11-12-26-24-10-9-22-19-23(31-17-18-32-33-30)13-15-28(22,4)27(24)14-16-29(25,26)5/h20-27H,6-19H2,1-5H3/t21-,22+,23+,24+,25-,26?,27+,28+,29-/m1/s1. The van der Waals surface area contributed by atoms with Crippen molar-refractivity contribution in [2.45, 2.75) is 118 Å². The molecular weight excluding hydrogens is 539 g/mol. The van der Waals surface area contributed by atoms with Gasteiger partial charge in [-0.05, 0) is 110 Å². The second kappa shape index (κ2) is 11.6. The van der Waals surface area contributed by atoms with Crippen LogP contribution in [0.3, 0.4) is 0 Å². The minimum atomic E-state index is 0.471. The van der Waals surface area contributed by atoms with E-state index in [2.05, 4.69) is 55.8 Å². The van der Waals surface area contributed by atoms with Crippen LogP contribution in [0.5, 0.6) is 0 Å². The molecule has 0 amide bonds. The third-order valence-electron chi connectivity index (χ3n) is 11.4. The van der Waals surface area contributed by atoms with Crippen LogP contribution in [0.4, 0.5) is 0 Å². The molecule has 0 bridgehead atoms. The third-order valence-corrected chi connectivity index (χ3v) is 12.4. The first kappa shape index (κ1) is 27.0. The summed E-state index contributed by atoms with van der Waals surface area (Å²) in [6.45, 7) is 14.3. The van der Waals surface area contributed by atoms with E-state index < -0.39 is 0 Å². The van der Waals surface area contributed by atoms with E-state index in [1.54, 1.807) is 0 Å². The van der Waals surface area contributed by atoms with Crippen molar-refractivity contribution in [3.8, 4) is 0 Å². The van der Waals surface area contributed by atoms with E-state index in [0.29, 0.717) is 23.5 Å². The minimum Gasteiger partial charge on any atom is -0.376 e. The molecular formula is C29H51IO2S. The summed E-state index contributed by atoms with van der Waals surface area (Å²) in [4.78, 5) is 0. The zero-order valence-corrected chi connectivity index (χ0v) is 25.1. The van der Waals surface area contributed by atoms with Gasteiger partial charge in [-0.3, -0.25) is 0 Å². The fourth-order valence-corrected chi connectivity index (χ4v) is 10.3. The van der Waals surface area contributed by atoms with Gasteiger partial charge in [-0.15, -0.1) is 0 Å². The number of ether oxygens (including phenoxy) is 1. The molecule has 0 saturated heterocycles. The van der Waals surface area contributed by atoms with E-state index in [-0.39, 0.29) is 0 Å². The number of hydrogen-bond donors (Lipinski definition) is 0. The van der Waals surface area contributed by atoms with Crippen molar-refractivity contribution in [3.05, 3.63) is 0 Å². The predicted octanol–water partition coefficient (Wildman–Crippen LogP) is 9.51. The van der Waals surface area contributed by atoms with Crippen molar-refractivity contribution < 1.29 is 8.92 Å². The Kier molecular flexibility index (Phi) is 9.50. The van der Waals surface area contributed by atoms with E-state index in [9.17, 15) is 0 Å². The smallest absolute Gasteiger partial charge is 0.0857 e. The van der Waals surface area contributed by atoms with Crippen LogP contribution in [0.15, 0.2) is 0 Å². The summed E-state index contributed by atoms with van der Waals surface area (Å²) in [5.74, 6) is 6.63. The van der Waals surface area contributed by atoms with E-state index in [1.165, 1.54) is 86.3 Å². The van der Waals surface area contributed by atoms with E-state index >= 15 is 0 Å². The number of fused-ring (bicyclic) bond motifs is 5. The Hall–Kier alpha value is 1.00. The van der Waals surface area contributed by atoms with Gasteiger partial charge < -0.3 is 8.92 Å². The Bertz CT molecular complexity index is 629. The van der Waals surface area contributed by atoms with Crippen molar-refractivity contribution in [3.63, 3.8) is 0 Å². The van der Waals surface area contributed by atoms with Crippen LogP contribution in [0, 0.1) is 52.3 Å². The molecule has 0 aromatic carbocycles. The highest BCUT2D eigenvalue weighted by atomic mass is 127. The summed E-state index contributed by atoms with van der Waals surface area (Å²) in [6, 6.07) is 0. The minimum absolute atomic E-state index is 0.471. The predicted molar refractivity (Wildman–Crippen MR) is 150 cm³/mol. The van der Waals surface area contributed by atoms with E-state index in [4.69, 9.17) is 8.92 Å². The van der Waals surface area contributed by atoms with Crippen molar-refractivity contribution >= 4 is 30.4 Å². The molecule has 4 aliphatic rings. The van der Waals surface area contributed by atoms with Gasteiger partial charge in [0.25, 0.3) is 0 Å². The summed E-state index contributed by atoms with van der Waals surface area (Å²) >= 11 is 2.19. The quantitative estimate of drug-likeness (QED) is 0.143. The Balaban J connectivity index is 1.36. The molecule has 2 nitrogen and oxygen atoms in total. The molecule has 0 aromatic rings. The fourth-order valence-electron chi connectivity index (χ4n) is 9.67. The lowest BCUT2D eigenvalue weighted by Gasteiger charge is -2.61. The van der Waals surface area contributed by atoms with Crippen LogP contribution >= 0.6 is 30.4 Å². The molecule has 0 aromatic heterocycles. The maximum atomic E-state index is 6.25. The van der Waals surface area contributed by atoms with Gasteiger partial charge in [0.1, 0.15) is 0 Å². The van der Waals surface area contributed by atoms with Gasteiger partial charge in [0.05, 0.1) is 28.5 Å². The molecule has 33 heavy (non-hydrogen) atoms. The normalized spacial score (nSPS) is 43.7. The lowest BCUT2D eigenvalue weighted by Crippen LogP contribution is -2.54. The van der Waals surface area contributed by atoms with Crippen molar-refractivity contribution in [1.29, 1.82) is 0 Å². The molecule has 4 aliphatic carbocycles. The van der Waals surface area contributed by atoms with Crippen LogP contribution in [0.25, 0.3) is 0 Å². The van der Waals surface area contributed by atoms with Gasteiger partial charge in [0.15, 0.2) is 0 Å². The Labute approximate surface area is 221 Å². The molecule has 4 saturated carbocycles. The maximum absolute atomic E-state index is 6.25. The lowest BCUT2D eigenvalue weighted by molar-refractivity contribution is -0.137. The van der Waals surface area contributed by atoms with Crippen LogP contribution in [-0.4, -0.2) is 19.3 Å². The molecule has 0 spiro atoms. The molecule has 9 atom stereocenters. The topological polar surface area (TPSA) is 18.5 Å². The molecule has 1 unspecified atom stereocenters. The molecule has 0 aliphatic heterocycles. The highest BCUT2D eigenvalue weighted by Gasteiger charge is 2.60. The summed E-state index contributed by atoms with van der Waals surface area (Å²) in [7, 11) is 1.42. The Morgan fingerprint density at radius 2 is 1.64 bits per heavy atom. The van der Waals surface area contributed by atoms with Gasteiger partial charge in [0, 0.05) is 21.2 Å². The van der Waals surface area contributed by atoms with Crippen molar-refractivity contribution in [2.75, 3.05) is 13.2 Å². The molecule has 0 heterocycles. The molecule has 4 heteroatoms. The molecule has 4 fully saturated rings. The molecule has 192 valence electrons. The average molecular weight is 591 g/mol. The highest BCUT2D eigenvalue weighted by Crippen LogP contribution is 2.68. The zero-order chi connectivity index (χ0) is 23.6. The van der Waals surface area contributed by atoms with Gasteiger partial charge in [-0.25, -0.2) is 0 Å². The largest absolute Gasteiger partial charge is 0.376 e. The third kappa shape index (κ3) is 5.64. The van der Waals surface area contributed by atoms with Gasteiger partial charge in [0.2, 0.25) is 0 Å². The SMILES string of the molecule is CC(C)CCC[C@@H](C)[C@H]1CCC2[C@@H]3CC[C@H]4C[C@@H](OCCOSI)CC[C@]4(C)[C@H]3CC[C@@]21C. The second-order valence-corrected chi connectivity index (χ2v) is 14.8. The Morgan fingerprint density at radius 3 is 2.39 bits per heavy atom. The van der Waals surface area contributed by atoms with Crippen LogP contribution < -0.4 is 0 Å². The molecule has 0 radical (unpaired) electrons. The van der Waals surface area contributed by atoms with E-state index in [0.717, 1.165) is 48.0 Å². The van der Waals surface area contributed by atoms with Gasteiger partial charge in [-0.2, -0.15) is 0 Å². The van der Waals surface area contributed by atoms with Crippen LogP contribution in [-0.2, 0) is 8.92 Å². The summed E-state index contributed by atoms with van der Waals surface area (Å²) < 4.78 is 11.7. The highest BCUT2D eigenvalue weighted by molar-refractivity contribution is 14.2. The Morgan fingerprint density at radius 1 is 0.879 bits per heavy atom. The fraction of sp³-hybridized carbons (Fsp3) is 1.00. The summed E-state index contributed by atoms with van der Waals surface area (Å²) in [5.41, 5.74) is 1.19. The number of halogens is 1. The van der Waals surface area contributed by atoms with Crippen molar-refractivity contribution in [1.82, 2.24) is 0 Å². The summed E-state index contributed by atoms with van der Waals surface area (Å²) in [6.07, 6.45) is 17.8. The summed E-state index contributed by atoms with van der Waals surface area (Å²) in [5, 5.41) is 0. The van der Waals surface area contributed by atoms with Crippen LogP contribution in [0.2, 0.25) is 0 Å².